The van der Waals surface area contributed by atoms with Gasteiger partial charge in [0.1, 0.15) is 0 Å². The minimum atomic E-state index is 1.10. The maximum absolute atomic E-state index is 2.43. The quantitative estimate of drug-likeness (QED) is 0.154. The predicted molar refractivity (Wildman–Crippen MR) is 245 cm³/mol. The van der Waals surface area contributed by atoms with E-state index in [9.17, 15) is 0 Å². The highest BCUT2D eigenvalue weighted by atomic mass is 15.1. The van der Waals surface area contributed by atoms with Gasteiger partial charge in [-0.15, -0.1) is 0 Å². The maximum Gasteiger partial charge on any atom is 0.0546 e. The van der Waals surface area contributed by atoms with Gasteiger partial charge in [-0.3, -0.25) is 0 Å². The van der Waals surface area contributed by atoms with Gasteiger partial charge in [-0.2, -0.15) is 0 Å². The van der Waals surface area contributed by atoms with Gasteiger partial charge in [-0.05, 0) is 112 Å². The van der Waals surface area contributed by atoms with Crippen LogP contribution in [-0.2, 0) is 0 Å². The molecule has 0 aromatic heterocycles. The Bertz CT molecular complexity index is 3290. The smallest absolute Gasteiger partial charge is 0.0546 e. The van der Waals surface area contributed by atoms with E-state index in [-0.39, 0.29) is 0 Å². The molecule has 0 fully saturated rings. The van der Waals surface area contributed by atoms with E-state index in [0.29, 0.717) is 0 Å². The molecule has 266 valence electrons. The van der Waals surface area contributed by atoms with E-state index < -0.39 is 0 Å². The Labute approximate surface area is 332 Å². The first-order valence-electron chi connectivity index (χ1n) is 19.7. The largest absolute Gasteiger partial charge is 0.310 e. The minimum Gasteiger partial charge on any atom is -0.310 e. The highest BCUT2D eigenvalue weighted by Gasteiger charge is 2.19. The lowest BCUT2D eigenvalue weighted by atomic mass is 9.89. The number of fused-ring (bicyclic) bond motifs is 8. The van der Waals surface area contributed by atoms with E-state index in [1.165, 1.54) is 87.2 Å². The SMILES string of the molecule is c1ccc(-c2cccc(N(c3ccc(-c4ccccc4-c4cccc5c4ccc4ccc6ccccc6c45)cc3)c3cc4ccccc4c4ccccc34)c2)cc1. The lowest BCUT2D eigenvalue weighted by molar-refractivity contribution is 1.30. The number of rotatable bonds is 6. The summed E-state index contributed by atoms with van der Waals surface area (Å²) in [4.78, 5) is 2.43. The van der Waals surface area contributed by atoms with Crippen LogP contribution in [0.1, 0.15) is 0 Å². The third kappa shape index (κ3) is 5.63. The highest BCUT2D eigenvalue weighted by Crippen LogP contribution is 2.45. The Morgan fingerprint density at radius 2 is 0.842 bits per heavy atom. The van der Waals surface area contributed by atoms with Gasteiger partial charge in [0.15, 0.2) is 0 Å². The molecule has 0 aliphatic carbocycles. The van der Waals surface area contributed by atoms with E-state index in [2.05, 4.69) is 229 Å². The summed E-state index contributed by atoms with van der Waals surface area (Å²) in [6, 6.07) is 82.0. The summed E-state index contributed by atoms with van der Waals surface area (Å²) in [5, 5.41) is 12.6. The first-order valence-corrected chi connectivity index (χ1v) is 19.7. The fraction of sp³-hybridized carbons (Fsp3) is 0. The zero-order valence-electron chi connectivity index (χ0n) is 31.3. The monoisotopic (exact) mass is 723 g/mol. The fourth-order valence-electron chi connectivity index (χ4n) is 8.96. The van der Waals surface area contributed by atoms with Gasteiger partial charge >= 0.3 is 0 Å². The molecule has 0 amide bonds. The second-order valence-electron chi connectivity index (χ2n) is 14.9. The second-order valence-corrected chi connectivity index (χ2v) is 14.9. The third-order valence-corrected chi connectivity index (χ3v) is 11.6. The molecule has 0 atom stereocenters. The number of anilines is 3. The molecule has 0 bridgehead atoms. The van der Waals surface area contributed by atoms with Crippen molar-refractivity contribution < 1.29 is 0 Å². The summed E-state index contributed by atoms with van der Waals surface area (Å²) in [7, 11) is 0. The summed E-state index contributed by atoms with van der Waals surface area (Å²) in [5.74, 6) is 0. The van der Waals surface area contributed by atoms with Gasteiger partial charge in [0, 0.05) is 16.8 Å². The van der Waals surface area contributed by atoms with Crippen LogP contribution in [-0.4, -0.2) is 0 Å². The lowest BCUT2D eigenvalue weighted by Gasteiger charge is -2.28. The van der Waals surface area contributed by atoms with Crippen molar-refractivity contribution in [2.24, 2.45) is 0 Å². The van der Waals surface area contributed by atoms with Crippen LogP contribution in [0.3, 0.4) is 0 Å². The molecule has 1 heteroatoms. The van der Waals surface area contributed by atoms with E-state index in [1.54, 1.807) is 0 Å². The molecular weight excluding hydrogens is 687 g/mol. The third-order valence-electron chi connectivity index (χ3n) is 11.6. The molecule has 0 aliphatic rings. The van der Waals surface area contributed by atoms with Crippen LogP contribution in [0.25, 0.3) is 87.2 Å². The molecule has 11 aromatic rings. The lowest BCUT2D eigenvalue weighted by Crippen LogP contribution is -2.10. The van der Waals surface area contributed by atoms with Gasteiger partial charge in [0.05, 0.1) is 5.69 Å². The number of benzene rings is 11. The molecule has 11 rings (SSSR count). The zero-order valence-corrected chi connectivity index (χ0v) is 31.3. The van der Waals surface area contributed by atoms with Crippen LogP contribution >= 0.6 is 0 Å². The molecular formula is C56H37N. The fourth-order valence-corrected chi connectivity index (χ4v) is 8.96. The van der Waals surface area contributed by atoms with Gasteiger partial charge in [-0.1, -0.05) is 194 Å². The molecule has 0 spiro atoms. The molecule has 0 saturated carbocycles. The molecule has 1 nitrogen and oxygen atoms in total. The van der Waals surface area contributed by atoms with E-state index in [4.69, 9.17) is 0 Å². The van der Waals surface area contributed by atoms with Crippen LogP contribution in [0.4, 0.5) is 17.1 Å². The number of hydrogen-bond donors (Lipinski definition) is 0. The van der Waals surface area contributed by atoms with Crippen LogP contribution in [0.5, 0.6) is 0 Å². The second kappa shape index (κ2) is 13.7. The predicted octanol–water partition coefficient (Wildman–Crippen LogP) is 15.9. The van der Waals surface area contributed by atoms with Crippen molar-refractivity contribution in [1.82, 2.24) is 0 Å². The number of nitrogens with zero attached hydrogens (tertiary/aromatic N) is 1. The van der Waals surface area contributed by atoms with Crippen LogP contribution < -0.4 is 4.90 Å². The maximum atomic E-state index is 2.43. The summed E-state index contributed by atoms with van der Waals surface area (Å²) >= 11 is 0. The molecule has 0 radical (unpaired) electrons. The van der Waals surface area contributed by atoms with Crippen molar-refractivity contribution in [3.05, 3.63) is 224 Å². The van der Waals surface area contributed by atoms with Gasteiger partial charge in [0.2, 0.25) is 0 Å². The van der Waals surface area contributed by atoms with Crippen molar-refractivity contribution in [3.8, 4) is 33.4 Å². The summed E-state index contributed by atoms with van der Waals surface area (Å²) in [5.41, 5.74) is 10.6. The minimum absolute atomic E-state index is 1.10. The van der Waals surface area contributed by atoms with E-state index in [0.717, 1.165) is 17.1 Å². The van der Waals surface area contributed by atoms with E-state index in [1.807, 2.05) is 0 Å². The van der Waals surface area contributed by atoms with Crippen molar-refractivity contribution in [1.29, 1.82) is 0 Å². The van der Waals surface area contributed by atoms with Crippen molar-refractivity contribution in [3.63, 3.8) is 0 Å². The van der Waals surface area contributed by atoms with Gasteiger partial charge in [0.25, 0.3) is 0 Å². The van der Waals surface area contributed by atoms with Crippen molar-refractivity contribution in [2.75, 3.05) is 4.90 Å². The first-order chi connectivity index (χ1) is 28.3. The van der Waals surface area contributed by atoms with Gasteiger partial charge < -0.3 is 4.90 Å². The normalized spacial score (nSPS) is 11.5. The zero-order chi connectivity index (χ0) is 37.7. The van der Waals surface area contributed by atoms with Crippen molar-refractivity contribution >= 4 is 70.9 Å². The molecule has 57 heavy (non-hydrogen) atoms. The average molecular weight is 724 g/mol. The Morgan fingerprint density at radius 3 is 1.68 bits per heavy atom. The molecule has 0 unspecified atom stereocenters. The summed E-state index contributed by atoms with van der Waals surface area (Å²) in [6.07, 6.45) is 0. The highest BCUT2D eigenvalue weighted by molar-refractivity contribution is 6.22. The number of hydrogen-bond acceptors (Lipinski definition) is 1. The molecule has 0 aliphatic heterocycles. The average Bonchev–Trinajstić information content (AvgIpc) is 3.29. The molecule has 11 aromatic carbocycles. The van der Waals surface area contributed by atoms with Crippen LogP contribution in [0.2, 0.25) is 0 Å². The van der Waals surface area contributed by atoms with Crippen LogP contribution in [0, 0.1) is 0 Å². The molecule has 0 N–H and O–H groups in total. The Morgan fingerprint density at radius 1 is 0.246 bits per heavy atom. The van der Waals surface area contributed by atoms with Gasteiger partial charge in [-0.25, -0.2) is 0 Å². The molecule has 0 saturated heterocycles. The Balaban J connectivity index is 1.07. The van der Waals surface area contributed by atoms with Crippen molar-refractivity contribution in [2.45, 2.75) is 0 Å². The summed E-state index contributed by atoms with van der Waals surface area (Å²) in [6.45, 7) is 0. The standard InChI is InChI=1S/C56H37N/c1-2-14-38(15-3-1)42-18-12-19-45(36-42)57(55-37-43-17-5-6-21-47(43)50-24-10-11-25-53(50)55)44-33-30-40(31-34-44)46-20-8-9-23-49(46)51-26-13-27-54-52(51)35-32-41-29-28-39-16-4-7-22-48(39)56(41)54/h1-37H. The topological polar surface area (TPSA) is 3.24 Å². The summed E-state index contributed by atoms with van der Waals surface area (Å²) < 4.78 is 0. The van der Waals surface area contributed by atoms with Crippen LogP contribution in [0.15, 0.2) is 224 Å². The first kappa shape index (κ1) is 32.9. The Kier molecular flexibility index (Phi) is 7.89. The Hall–Kier alpha value is -7.48. The molecule has 0 heterocycles. The van der Waals surface area contributed by atoms with E-state index >= 15 is 0 Å².